The molecule has 0 bridgehead atoms. The Morgan fingerprint density at radius 2 is 1.90 bits per heavy atom. The fraction of sp³-hybridized carbons (Fsp3) is 0.190. The van der Waals surface area contributed by atoms with Crippen molar-refractivity contribution >= 4 is 46.3 Å². The van der Waals surface area contributed by atoms with Crippen molar-refractivity contribution < 1.29 is 18.7 Å². The molecule has 0 aliphatic heterocycles. The van der Waals surface area contributed by atoms with Gasteiger partial charge in [0.05, 0.1) is 30.7 Å². The number of amides is 2. The highest BCUT2D eigenvalue weighted by molar-refractivity contribution is 8.01. The zero-order valence-electron chi connectivity index (χ0n) is 16.4. The van der Waals surface area contributed by atoms with Crippen LogP contribution in [0.1, 0.15) is 11.3 Å². The van der Waals surface area contributed by atoms with Crippen molar-refractivity contribution in [3.63, 3.8) is 0 Å². The Hall–Kier alpha value is -2.91. The van der Waals surface area contributed by atoms with Crippen LogP contribution in [0.4, 0.5) is 15.8 Å². The third-order valence-electron chi connectivity index (χ3n) is 3.96. The minimum atomic E-state index is -0.359. The number of aryl methyl sites for hydroxylation is 1. The summed E-state index contributed by atoms with van der Waals surface area (Å²) < 4.78 is 18.9. The third kappa shape index (κ3) is 6.30. The highest BCUT2D eigenvalue weighted by Gasteiger charge is 2.12. The molecular formula is C21H20FN3O3S2. The first-order valence-corrected chi connectivity index (χ1v) is 10.9. The first-order chi connectivity index (χ1) is 14.4. The zero-order valence-corrected chi connectivity index (χ0v) is 18.0. The van der Waals surface area contributed by atoms with Crippen molar-refractivity contribution in [3.05, 3.63) is 64.9 Å². The van der Waals surface area contributed by atoms with Gasteiger partial charge in [-0.15, -0.1) is 11.3 Å². The fourth-order valence-electron chi connectivity index (χ4n) is 2.55. The van der Waals surface area contributed by atoms with Crippen molar-refractivity contribution in [3.8, 4) is 5.75 Å². The van der Waals surface area contributed by atoms with Crippen LogP contribution in [-0.4, -0.2) is 29.7 Å². The number of nitrogens with zero attached hydrogens (tertiary/aromatic N) is 1. The number of halogens is 1. The lowest BCUT2D eigenvalue weighted by Gasteiger charge is -2.10. The van der Waals surface area contributed by atoms with Gasteiger partial charge in [-0.3, -0.25) is 9.59 Å². The molecule has 0 saturated heterocycles. The molecule has 0 unspecified atom stereocenters. The molecule has 30 heavy (non-hydrogen) atoms. The van der Waals surface area contributed by atoms with Gasteiger partial charge in [-0.1, -0.05) is 17.8 Å². The summed E-state index contributed by atoms with van der Waals surface area (Å²) in [6.45, 7) is 1.95. The maximum Gasteiger partial charge on any atom is 0.234 e. The number of hydrogen-bond acceptors (Lipinski definition) is 6. The average Bonchev–Trinajstić information content (AvgIpc) is 3.16. The van der Waals surface area contributed by atoms with Crippen LogP contribution in [0.3, 0.4) is 0 Å². The Labute approximate surface area is 181 Å². The molecule has 1 heterocycles. The van der Waals surface area contributed by atoms with E-state index in [9.17, 15) is 14.0 Å². The molecule has 9 heteroatoms. The summed E-state index contributed by atoms with van der Waals surface area (Å²) in [5.74, 6) is -0.00917. The molecule has 2 aromatic carbocycles. The van der Waals surface area contributed by atoms with Crippen molar-refractivity contribution in [2.24, 2.45) is 0 Å². The van der Waals surface area contributed by atoms with Crippen LogP contribution in [0.2, 0.25) is 0 Å². The number of carbonyl (C=O) groups is 2. The van der Waals surface area contributed by atoms with Crippen LogP contribution < -0.4 is 15.4 Å². The Bertz CT molecular complexity index is 1040. The van der Waals surface area contributed by atoms with E-state index >= 15 is 0 Å². The SMILES string of the molecule is COc1cc(C)ccc1NC(=O)Cc1csc(SCC(=O)Nc2ccc(F)cc2)n1. The smallest absolute Gasteiger partial charge is 0.234 e. The van der Waals surface area contributed by atoms with Crippen LogP contribution in [0, 0.1) is 12.7 Å². The highest BCUT2D eigenvalue weighted by Crippen LogP contribution is 2.26. The average molecular weight is 446 g/mol. The molecular weight excluding hydrogens is 425 g/mol. The van der Waals surface area contributed by atoms with Crippen LogP contribution in [0.15, 0.2) is 52.2 Å². The number of benzene rings is 2. The molecule has 2 N–H and O–H groups in total. The second-order valence-electron chi connectivity index (χ2n) is 6.38. The molecule has 0 spiro atoms. The number of thiazole rings is 1. The molecule has 0 aliphatic rings. The minimum Gasteiger partial charge on any atom is -0.495 e. The van der Waals surface area contributed by atoms with E-state index in [1.165, 1.54) is 47.4 Å². The quantitative estimate of drug-likeness (QED) is 0.499. The predicted octanol–water partition coefficient (Wildman–Crippen LogP) is 4.51. The van der Waals surface area contributed by atoms with E-state index in [1.54, 1.807) is 18.6 Å². The number of rotatable bonds is 8. The van der Waals surface area contributed by atoms with Gasteiger partial charge in [-0.2, -0.15) is 0 Å². The van der Waals surface area contributed by atoms with Gasteiger partial charge in [0.1, 0.15) is 11.6 Å². The number of aromatic nitrogens is 1. The lowest BCUT2D eigenvalue weighted by molar-refractivity contribution is -0.116. The number of methoxy groups -OCH3 is 1. The summed E-state index contributed by atoms with van der Waals surface area (Å²) >= 11 is 2.66. The summed E-state index contributed by atoms with van der Waals surface area (Å²) in [5.41, 5.74) is 2.81. The van der Waals surface area contributed by atoms with Gasteiger partial charge in [0.2, 0.25) is 11.8 Å². The van der Waals surface area contributed by atoms with Gasteiger partial charge in [0.15, 0.2) is 4.34 Å². The van der Waals surface area contributed by atoms with Crippen molar-refractivity contribution in [2.45, 2.75) is 17.7 Å². The maximum atomic E-state index is 12.9. The van der Waals surface area contributed by atoms with Gasteiger partial charge < -0.3 is 15.4 Å². The molecule has 3 aromatic rings. The van der Waals surface area contributed by atoms with E-state index < -0.39 is 0 Å². The number of hydrogen-bond donors (Lipinski definition) is 2. The monoisotopic (exact) mass is 445 g/mol. The van der Waals surface area contributed by atoms with E-state index in [2.05, 4.69) is 15.6 Å². The van der Waals surface area contributed by atoms with E-state index in [-0.39, 0.29) is 29.8 Å². The molecule has 1 aromatic heterocycles. The van der Waals surface area contributed by atoms with Crippen LogP contribution >= 0.6 is 23.1 Å². The number of carbonyl (C=O) groups excluding carboxylic acids is 2. The van der Waals surface area contributed by atoms with Gasteiger partial charge in [0.25, 0.3) is 0 Å². The molecule has 0 radical (unpaired) electrons. The largest absolute Gasteiger partial charge is 0.495 e. The van der Waals surface area contributed by atoms with E-state index in [1.807, 2.05) is 19.1 Å². The standard InChI is InChI=1S/C21H20FN3O3S2/c1-13-3-8-17(18(9-13)28-2)25-19(26)10-16-11-29-21(24-16)30-12-20(27)23-15-6-4-14(22)5-7-15/h3-9,11H,10,12H2,1-2H3,(H,23,27)(H,25,26). The number of ether oxygens (including phenoxy) is 1. The fourth-order valence-corrected chi connectivity index (χ4v) is 4.20. The summed E-state index contributed by atoms with van der Waals surface area (Å²) in [5, 5.41) is 7.32. The Morgan fingerprint density at radius 1 is 1.13 bits per heavy atom. The number of anilines is 2. The molecule has 0 aliphatic carbocycles. The normalized spacial score (nSPS) is 10.5. The Balaban J connectivity index is 1.49. The maximum absolute atomic E-state index is 12.9. The van der Waals surface area contributed by atoms with Gasteiger partial charge >= 0.3 is 0 Å². The van der Waals surface area contributed by atoms with E-state index in [0.29, 0.717) is 27.2 Å². The second kappa shape index (κ2) is 10.2. The molecule has 3 rings (SSSR count). The van der Waals surface area contributed by atoms with Gasteiger partial charge in [-0.05, 0) is 48.9 Å². The van der Waals surface area contributed by atoms with E-state index in [4.69, 9.17) is 4.74 Å². The van der Waals surface area contributed by atoms with E-state index in [0.717, 1.165) is 5.56 Å². The molecule has 6 nitrogen and oxygen atoms in total. The first kappa shape index (κ1) is 21.8. The first-order valence-electron chi connectivity index (χ1n) is 9.00. The molecule has 2 amide bonds. The van der Waals surface area contributed by atoms with Crippen LogP contribution in [0.25, 0.3) is 0 Å². The lowest BCUT2D eigenvalue weighted by Crippen LogP contribution is -2.15. The predicted molar refractivity (Wildman–Crippen MR) is 118 cm³/mol. The van der Waals surface area contributed by atoms with Gasteiger partial charge in [-0.25, -0.2) is 9.37 Å². The Kier molecular flexibility index (Phi) is 7.42. The second-order valence-corrected chi connectivity index (χ2v) is 8.46. The topological polar surface area (TPSA) is 80.3 Å². The van der Waals surface area contributed by atoms with Crippen molar-refractivity contribution in [1.29, 1.82) is 0 Å². The molecule has 0 fully saturated rings. The highest BCUT2D eigenvalue weighted by atomic mass is 32.2. The third-order valence-corrected chi connectivity index (χ3v) is 6.03. The summed E-state index contributed by atoms with van der Waals surface area (Å²) in [6.07, 6.45) is 0.121. The number of nitrogens with one attached hydrogen (secondary N) is 2. The van der Waals surface area contributed by atoms with Gasteiger partial charge in [0, 0.05) is 11.1 Å². The molecule has 0 atom stereocenters. The Morgan fingerprint density at radius 3 is 2.63 bits per heavy atom. The lowest BCUT2D eigenvalue weighted by atomic mass is 10.2. The molecule has 0 saturated carbocycles. The minimum absolute atomic E-state index is 0.121. The summed E-state index contributed by atoms with van der Waals surface area (Å²) in [6, 6.07) is 11.1. The molecule has 156 valence electrons. The van der Waals surface area contributed by atoms with Crippen molar-refractivity contribution in [1.82, 2.24) is 4.98 Å². The zero-order chi connectivity index (χ0) is 21.5. The van der Waals surface area contributed by atoms with Crippen LogP contribution in [-0.2, 0) is 16.0 Å². The van der Waals surface area contributed by atoms with Crippen LogP contribution in [0.5, 0.6) is 5.75 Å². The number of thioether (sulfide) groups is 1. The summed E-state index contributed by atoms with van der Waals surface area (Å²) in [7, 11) is 1.56. The summed E-state index contributed by atoms with van der Waals surface area (Å²) in [4.78, 5) is 28.8. The van der Waals surface area contributed by atoms with Crippen molar-refractivity contribution in [2.75, 3.05) is 23.5 Å².